The summed E-state index contributed by atoms with van der Waals surface area (Å²) in [6.07, 6.45) is 2.26. The van der Waals surface area contributed by atoms with Gasteiger partial charge in [-0.2, -0.15) is 0 Å². The first kappa shape index (κ1) is 15.6. The van der Waals surface area contributed by atoms with Gasteiger partial charge in [-0.05, 0) is 42.9 Å². The molecule has 1 aliphatic heterocycles. The number of nitrogens with zero attached hydrogens (tertiary/aromatic N) is 1. The Morgan fingerprint density at radius 2 is 1.48 bits per heavy atom. The summed E-state index contributed by atoms with van der Waals surface area (Å²) in [5, 5.41) is 0.600. The lowest BCUT2D eigenvalue weighted by atomic mass is 9.96. The zero-order valence-electron chi connectivity index (χ0n) is 13.6. The van der Waals surface area contributed by atoms with E-state index in [1.165, 1.54) is 5.56 Å². The second-order valence-electron chi connectivity index (χ2n) is 6.48. The monoisotopic (exact) mass is 335 g/mol. The number of imide groups is 1. The van der Waals surface area contributed by atoms with Crippen molar-refractivity contribution in [2.24, 2.45) is 5.92 Å². The molecule has 1 fully saturated rings. The minimum Gasteiger partial charge on any atom is -0.329 e. The Bertz CT molecular complexity index is 811. The molecule has 0 bridgehead atoms. The van der Waals surface area contributed by atoms with Gasteiger partial charge in [0.05, 0.1) is 17.0 Å². The van der Waals surface area contributed by atoms with Gasteiger partial charge in [0.15, 0.2) is 0 Å². The third kappa shape index (κ3) is 2.71. The average molecular weight is 335 g/mol. The van der Waals surface area contributed by atoms with Crippen molar-refractivity contribution in [3.8, 4) is 0 Å². The summed E-state index contributed by atoms with van der Waals surface area (Å²) in [7, 11) is 0. The maximum atomic E-state index is 12.5. The Morgan fingerprint density at radius 1 is 0.880 bits per heavy atom. The van der Waals surface area contributed by atoms with Crippen LogP contribution in [0.3, 0.4) is 0 Å². The molecule has 0 spiro atoms. The number of carbonyl (C=O) groups is 3. The lowest BCUT2D eigenvalue weighted by molar-refractivity contribution is -0.173. The molecule has 5 heteroatoms. The minimum absolute atomic E-state index is 0.272. The van der Waals surface area contributed by atoms with Gasteiger partial charge in [-0.15, -0.1) is 0 Å². The lowest BCUT2D eigenvalue weighted by Crippen LogP contribution is -2.34. The third-order valence-electron chi connectivity index (χ3n) is 4.97. The highest BCUT2D eigenvalue weighted by Crippen LogP contribution is 2.39. The van der Waals surface area contributed by atoms with E-state index in [4.69, 9.17) is 4.84 Å². The smallest absolute Gasteiger partial charge is 0.329 e. The molecule has 1 aliphatic carbocycles. The van der Waals surface area contributed by atoms with Crippen LogP contribution in [0.1, 0.15) is 51.5 Å². The van der Waals surface area contributed by atoms with Crippen LogP contribution in [0.5, 0.6) is 0 Å². The van der Waals surface area contributed by atoms with Gasteiger partial charge in [0.1, 0.15) is 0 Å². The first-order valence-corrected chi connectivity index (χ1v) is 8.39. The highest BCUT2D eigenvalue weighted by atomic mass is 16.7. The molecular formula is C20H17NO4. The van der Waals surface area contributed by atoms with Crippen LogP contribution in [0.25, 0.3) is 0 Å². The molecule has 0 aromatic heterocycles. The summed E-state index contributed by atoms with van der Waals surface area (Å²) in [5.74, 6) is -1.65. The Labute approximate surface area is 145 Å². The van der Waals surface area contributed by atoms with E-state index in [1.807, 2.05) is 18.2 Å². The summed E-state index contributed by atoms with van der Waals surface area (Å²) in [5.41, 5.74) is 1.75. The van der Waals surface area contributed by atoms with Gasteiger partial charge in [-0.1, -0.05) is 47.5 Å². The van der Waals surface area contributed by atoms with Crippen LogP contribution < -0.4 is 0 Å². The number of fused-ring (bicyclic) bond motifs is 1. The Hall–Kier alpha value is -2.95. The number of benzene rings is 2. The van der Waals surface area contributed by atoms with E-state index < -0.39 is 17.8 Å². The summed E-state index contributed by atoms with van der Waals surface area (Å²) in [6.45, 7) is 0. The molecule has 1 saturated carbocycles. The van der Waals surface area contributed by atoms with Gasteiger partial charge < -0.3 is 4.84 Å². The molecule has 1 heterocycles. The summed E-state index contributed by atoms with van der Waals surface area (Å²) < 4.78 is 0. The molecule has 0 unspecified atom stereocenters. The van der Waals surface area contributed by atoms with Gasteiger partial charge in [0.25, 0.3) is 11.8 Å². The first-order valence-electron chi connectivity index (χ1n) is 8.39. The molecular weight excluding hydrogens is 318 g/mol. The average Bonchev–Trinajstić information content (AvgIpc) is 3.23. The van der Waals surface area contributed by atoms with Crippen molar-refractivity contribution >= 4 is 17.8 Å². The lowest BCUT2D eigenvalue weighted by Gasteiger charge is -2.16. The largest absolute Gasteiger partial charge is 0.336 e. The standard InChI is InChI=1S/C20H17NO4/c22-18-16-8-4-5-9-17(16)19(23)21(18)25-20(24)15-11-10-14(12-15)13-6-2-1-3-7-13/h1-9,14-15H,10-12H2/t14-,15-/m1/s1. The topological polar surface area (TPSA) is 63.7 Å². The summed E-state index contributed by atoms with van der Waals surface area (Å²) in [6, 6.07) is 16.5. The van der Waals surface area contributed by atoms with Crippen molar-refractivity contribution in [3.63, 3.8) is 0 Å². The second kappa shape index (κ2) is 6.16. The molecule has 0 N–H and O–H groups in total. The first-order chi connectivity index (χ1) is 12.1. The normalized spacial score (nSPS) is 22.2. The predicted octanol–water partition coefficient (Wildman–Crippen LogP) is 3.32. The van der Waals surface area contributed by atoms with E-state index in [0.29, 0.717) is 23.8 Å². The number of hydrogen-bond acceptors (Lipinski definition) is 4. The maximum absolute atomic E-state index is 12.5. The van der Waals surface area contributed by atoms with E-state index >= 15 is 0 Å². The van der Waals surface area contributed by atoms with Crippen LogP contribution in [0.15, 0.2) is 54.6 Å². The van der Waals surface area contributed by atoms with E-state index in [-0.39, 0.29) is 17.0 Å². The number of hydrogen-bond donors (Lipinski definition) is 0. The van der Waals surface area contributed by atoms with Crippen molar-refractivity contribution in [1.82, 2.24) is 5.06 Å². The fourth-order valence-corrected chi connectivity index (χ4v) is 3.64. The molecule has 126 valence electrons. The summed E-state index contributed by atoms with van der Waals surface area (Å²) >= 11 is 0. The molecule has 0 saturated heterocycles. The number of hydroxylamine groups is 2. The van der Waals surface area contributed by atoms with Crippen molar-refractivity contribution < 1.29 is 19.2 Å². The summed E-state index contributed by atoms with van der Waals surface area (Å²) in [4.78, 5) is 42.2. The van der Waals surface area contributed by atoms with Crippen molar-refractivity contribution in [2.45, 2.75) is 25.2 Å². The quantitative estimate of drug-likeness (QED) is 0.807. The van der Waals surface area contributed by atoms with Crippen molar-refractivity contribution in [3.05, 3.63) is 71.3 Å². The zero-order valence-corrected chi connectivity index (χ0v) is 13.6. The SMILES string of the molecule is O=C(ON1C(=O)c2ccccc2C1=O)[C@@H]1CC[C@@H](c2ccccc2)C1. The van der Waals surface area contributed by atoms with E-state index in [0.717, 1.165) is 6.42 Å². The zero-order chi connectivity index (χ0) is 17.4. The molecule has 4 rings (SSSR count). The predicted molar refractivity (Wildman–Crippen MR) is 89.6 cm³/mol. The third-order valence-corrected chi connectivity index (χ3v) is 4.97. The maximum Gasteiger partial charge on any atom is 0.336 e. The van der Waals surface area contributed by atoms with E-state index in [1.54, 1.807) is 24.3 Å². The van der Waals surface area contributed by atoms with Crippen molar-refractivity contribution in [2.75, 3.05) is 0 Å². The Balaban J connectivity index is 1.44. The molecule has 2 aromatic carbocycles. The van der Waals surface area contributed by atoms with Gasteiger partial charge in [-0.25, -0.2) is 4.79 Å². The molecule has 2 amide bonds. The molecule has 0 radical (unpaired) electrons. The Kier molecular flexibility index (Phi) is 3.84. The van der Waals surface area contributed by atoms with Crippen molar-refractivity contribution in [1.29, 1.82) is 0 Å². The van der Waals surface area contributed by atoms with E-state index in [2.05, 4.69) is 12.1 Å². The highest BCUT2D eigenvalue weighted by Gasteiger charge is 2.41. The number of rotatable bonds is 3. The fourth-order valence-electron chi connectivity index (χ4n) is 3.64. The van der Waals surface area contributed by atoms with Crippen LogP contribution >= 0.6 is 0 Å². The Morgan fingerprint density at radius 3 is 2.12 bits per heavy atom. The van der Waals surface area contributed by atoms with Crippen LogP contribution in [0.4, 0.5) is 0 Å². The van der Waals surface area contributed by atoms with Crippen LogP contribution in [0, 0.1) is 5.92 Å². The number of carbonyl (C=O) groups excluding carboxylic acids is 3. The molecule has 25 heavy (non-hydrogen) atoms. The van der Waals surface area contributed by atoms with Crippen LogP contribution in [-0.2, 0) is 9.63 Å². The molecule has 2 atom stereocenters. The highest BCUT2D eigenvalue weighted by molar-refractivity contribution is 6.20. The second-order valence-corrected chi connectivity index (χ2v) is 6.48. The van der Waals surface area contributed by atoms with Crippen LogP contribution in [-0.4, -0.2) is 22.8 Å². The molecule has 2 aromatic rings. The minimum atomic E-state index is -0.577. The van der Waals surface area contributed by atoms with E-state index in [9.17, 15) is 14.4 Å². The van der Waals surface area contributed by atoms with Gasteiger partial charge in [-0.3, -0.25) is 9.59 Å². The fraction of sp³-hybridized carbons (Fsp3) is 0.250. The van der Waals surface area contributed by atoms with Gasteiger partial charge in [0, 0.05) is 0 Å². The molecule has 5 nitrogen and oxygen atoms in total. The van der Waals surface area contributed by atoms with Crippen LogP contribution in [0.2, 0.25) is 0 Å². The van der Waals surface area contributed by atoms with Gasteiger partial charge >= 0.3 is 5.97 Å². The van der Waals surface area contributed by atoms with Gasteiger partial charge in [0.2, 0.25) is 0 Å². The molecule has 2 aliphatic rings. The number of amides is 2.